The Morgan fingerprint density at radius 3 is 3.04 bits per heavy atom. The molecule has 1 amide bonds. The first-order chi connectivity index (χ1) is 12.6. The fourth-order valence-corrected chi connectivity index (χ4v) is 2.75. The van der Waals surface area contributed by atoms with Crippen LogP contribution in [0, 0.1) is 0 Å². The summed E-state index contributed by atoms with van der Waals surface area (Å²) in [6.07, 6.45) is 1.93. The van der Waals surface area contributed by atoms with E-state index in [9.17, 15) is 14.4 Å². The van der Waals surface area contributed by atoms with Gasteiger partial charge in [-0.15, -0.1) is 0 Å². The molecule has 26 heavy (non-hydrogen) atoms. The molecule has 2 aromatic heterocycles. The molecule has 1 aliphatic heterocycles. The number of rotatable bonds is 6. The summed E-state index contributed by atoms with van der Waals surface area (Å²) in [5.41, 5.74) is -0.0550. The second kappa shape index (κ2) is 8.54. The molecule has 138 valence electrons. The van der Waals surface area contributed by atoms with Gasteiger partial charge in [-0.1, -0.05) is 6.07 Å². The topological polar surface area (TPSA) is 126 Å². The smallest absolute Gasteiger partial charge is 0.266 e. The second-order valence-electron chi connectivity index (χ2n) is 6.00. The summed E-state index contributed by atoms with van der Waals surface area (Å²) < 4.78 is 11.3. The molecule has 3 N–H and O–H groups in total. The molecular formula is C17H20N4O5. The number of nitrogens with zero attached hydrogens (tertiary/aromatic N) is 1. The van der Waals surface area contributed by atoms with E-state index in [2.05, 4.69) is 20.5 Å². The van der Waals surface area contributed by atoms with E-state index in [1.165, 1.54) is 0 Å². The fraction of sp³-hybridized carbons (Fsp3) is 0.412. The van der Waals surface area contributed by atoms with Crippen LogP contribution in [0.2, 0.25) is 0 Å². The molecule has 0 aromatic carbocycles. The van der Waals surface area contributed by atoms with Gasteiger partial charge in [0.15, 0.2) is 0 Å². The van der Waals surface area contributed by atoms with Crippen LogP contribution < -0.4 is 16.4 Å². The lowest BCUT2D eigenvalue weighted by atomic mass is 10.1. The number of nitrogens with one attached hydrogen (secondary N) is 3. The average molecular weight is 360 g/mol. The molecular weight excluding hydrogens is 340 g/mol. The Kier molecular flexibility index (Phi) is 5.92. The number of H-pyrrole nitrogens is 2. The van der Waals surface area contributed by atoms with Crippen LogP contribution in [0.5, 0.6) is 0 Å². The molecule has 1 fully saturated rings. The van der Waals surface area contributed by atoms with E-state index in [0.717, 1.165) is 11.8 Å². The average Bonchev–Trinajstić information content (AvgIpc) is 2.65. The Labute approximate surface area is 148 Å². The SMILES string of the molecule is O=C(Cc1cc(=O)[nH][nH]c1=O)N[C@@H]1COCC[C@H]1OCc1ccccn1. The number of carbonyl (C=O) groups is 1. The Morgan fingerprint density at radius 2 is 2.23 bits per heavy atom. The number of aromatic nitrogens is 3. The number of hydrogen-bond donors (Lipinski definition) is 3. The number of carbonyl (C=O) groups excluding carboxylic acids is 1. The summed E-state index contributed by atoms with van der Waals surface area (Å²) in [6, 6.07) is 6.36. The van der Waals surface area contributed by atoms with Crippen molar-refractivity contribution in [3.8, 4) is 0 Å². The molecule has 0 radical (unpaired) electrons. The van der Waals surface area contributed by atoms with Crippen LogP contribution in [0.15, 0.2) is 40.1 Å². The molecule has 2 atom stereocenters. The summed E-state index contributed by atoms with van der Waals surface area (Å²) in [7, 11) is 0. The van der Waals surface area contributed by atoms with Crippen molar-refractivity contribution < 1.29 is 14.3 Å². The van der Waals surface area contributed by atoms with Crippen molar-refractivity contribution in [3.63, 3.8) is 0 Å². The van der Waals surface area contributed by atoms with Gasteiger partial charge in [-0.3, -0.25) is 29.6 Å². The number of aromatic amines is 2. The fourth-order valence-electron chi connectivity index (χ4n) is 2.75. The first-order valence-electron chi connectivity index (χ1n) is 8.31. The van der Waals surface area contributed by atoms with E-state index in [1.807, 2.05) is 18.2 Å². The van der Waals surface area contributed by atoms with Crippen molar-refractivity contribution in [3.05, 3.63) is 62.4 Å². The zero-order valence-corrected chi connectivity index (χ0v) is 14.1. The Hall–Kier alpha value is -2.78. The highest BCUT2D eigenvalue weighted by molar-refractivity contribution is 5.78. The molecule has 0 unspecified atom stereocenters. The Bertz CT molecular complexity index is 848. The van der Waals surface area contributed by atoms with Crippen LogP contribution in [0.25, 0.3) is 0 Å². The number of hydrogen-bond acceptors (Lipinski definition) is 6. The summed E-state index contributed by atoms with van der Waals surface area (Å²) >= 11 is 0. The maximum atomic E-state index is 12.3. The van der Waals surface area contributed by atoms with Crippen molar-refractivity contribution in [2.75, 3.05) is 13.2 Å². The lowest BCUT2D eigenvalue weighted by molar-refractivity contribution is -0.126. The van der Waals surface area contributed by atoms with E-state index >= 15 is 0 Å². The summed E-state index contributed by atoms with van der Waals surface area (Å²) in [6.45, 7) is 1.21. The van der Waals surface area contributed by atoms with E-state index in [1.54, 1.807) is 6.20 Å². The Morgan fingerprint density at radius 1 is 1.35 bits per heavy atom. The normalized spacial score (nSPS) is 19.8. The quantitative estimate of drug-likeness (QED) is 0.637. The minimum Gasteiger partial charge on any atom is -0.379 e. The molecule has 2 aromatic rings. The minimum absolute atomic E-state index is 0.105. The molecule has 0 spiro atoms. The molecule has 1 aliphatic rings. The van der Waals surface area contributed by atoms with Crippen LogP contribution in [0.4, 0.5) is 0 Å². The highest BCUT2D eigenvalue weighted by atomic mass is 16.5. The first kappa shape index (κ1) is 18.0. The van der Waals surface area contributed by atoms with Crippen molar-refractivity contribution in [1.29, 1.82) is 0 Å². The van der Waals surface area contributed by atoms with Crippen LogP contribution in [-0.2, 0) is 27.3 Å². The monoisotopic (exact) mass is 360 g/mol. The van der Waals surface area contributed by atoms with Gasteiger partial charge in [0, 0.05) is 24.4 Å². The van der Waals surface area contributed by atoms with Gasteiger partial charge in [0.2, 0.25) is 5.91 Å². The minimum atomic E-state index is -0.498. The van der Waals surface area contributed by atoms with Crippen molar-refractivity contribution in [2.24, 2.45) is 0 Å². The number of amides is 1. The van der Waals surface area contributed by atoms with Gasteiger partial charge < -0.3 is 14.8 Å². The zero-order valence-electron chi connectivity index (χ0n) is 14.1. The van der Waals surface area contributed by atoms with Gasteiger partial charge in [-0.2, -0.15) is 0 Å². The Balaban J connectivity index is 1.58. The van der Waals surface area contributed by atoms with Crippen molar-refractivity contribution >= 4 is 5.91 Å². The third-order valence-electron chi connectivity index (χ3n) is 4.06. The van der Waals surface area contributed by atoms with E-state index < -0.39 is 11.1 Å². The molecule has 3 heterocycles. The first-order valence-corrected chi connectivity index (χ1v) is 8.31. The van der Waals surface area contributed by atoms with E-state index in [-0.39, 0.29) is 30.0 Å². The molecule has 0 aliphatic carbocycles. The maximum absolute atomic E-state index is 12.3. The van der Waals surface area contributed by atoms with Crippen LogP contribution in [0.1, 0.15) is 17.7 Å². The highest BCUT2D eigenvalue weighted by Gasteiger charge is 2.28. The van der Waals surface area contributed by atoms with Crippen molar-refractivity contribution in [1.82, 2.24) is 20.5 Å². The van der Waals surface area contributed by atoms with Gasteiger partial charge in [0.1, 0.15) is 0 Å². The third-order valence-corrected chi connectivity index (χ3v) is 4.06. The molecule has 9 nitrogen and oxygen atoms in total. The van der Waals surface area contributed by atoms with E-state index in [4.69, 9.17) is 9.47 Å². The zero-order chi connectivity index (χ0) is 18.4. The van der Waals surface area contributed by atoms with Gasteiger partial charge in [-0.25, -0.2) is 0 Å². The lowest BCUT2D eigenvalue weighted by Gasteiger charge is -2.32. The standard InChI is InChI=1S/C17H20N4O5/c22-15(7-11-8-16(23)20-21-17(11)24)19-13-10-25-6-4-14(13)26-9-12-3-1-2-5-18-12/h1-3,5,8,13-14H,4,6-7,9-10H2,(H,19,22)(H,20,23)(H,21,24)/t13-,14-/m1/s1. The van der Waals surface area contributed by atoms with Gasteiger partial charge in [0.25, 0.3) is 11.1 Å². The summed E-state index contributed by atoms with van der Waals surface area (Å²) in [4.78, 5) is 39.4. The molecule has 0 bridgehead atoms. The number of pyridine rings is 1. The predicted octanol–water partition coefficient (Wildman–Crippen LogP) is -0.509. The number of ether oxygens (including phenoxy) is 2. The van der Waals surface area contributed by atoms with Crippen molar-refractivity contribution in [2.45, 2.75) is 31.6 Å². The molecule has 0 saturated carbocycles. The largest absolute Gasteiger partial charge is 0.379 e. The van der Waals surface area contributed by atoms with Gasteiger partial charge >= 0.3 is 0 Å². The highest BCUT2D eigenvalue weighted by Crippen LogP contribution is 2.14. The van der Waals surface area contributed by atoms with Gasteiger partial charge in [0.05, 0.1) is 37.5 Å². The van der Waals surface area contributed by atoms with E-state index in [0.29, 0.717) is 26.2 Å². The second-order valence-corrected chi connectivity index (χ2v) is 6.00. The molecule has 1 saturated heterocycles. The summed E-state index contributed by atoms with van der Waals surface area (Å²) in [5.74, 6) is -0.372. The maximum Gasteiger partial charge on any atom is 0.266 e. The third kappa shape index (κ3) is 4.87. The molecule has 3 rings (SSSR count). The summed E-state index contributed by atoms with van der Waals surface area (Å²) in [5, 5.41) is 7.18. The predicted molar refractivity (Wildman–Crippen MR) is 91.6 cm³/mol. The lowest BCUT2D eigenvalue weighted by Crippen LogP contribution is -2.51. The van der Waals surface area contributed by atoms with Crippen LogP contribution >= 0.6 is 0 Å². The molecule has 9 heteroatoms. The van der Waals surface area contributed by atoms with Crippen LogP contribution in [0.3, 0.4) is 0 Å². The van der Waals surface area contributed by atoms with Gasteiger partial charge in [-0.05, 0) is 18.6 Å². The van der Waals surface area contributed by atoms with Crippen LogP contribution in [-0.4, -0.2) is 46.4 Å².